The van der Waals surface area contributed by atoms with E-state index in [-0.39, 0.29) is 5.69 Å². The molecular weight excluding hydrogens is 320 g/mol. The van der Waals surface area contributed by atoms with Crippen molar-refractivity contribution in [1.29, 1.82) is 5.26 Å². The van der Waals surface area contributed by atoms with Crippen molar-refractivity contribution in [1.82, 2.24) is 25.0 Å². The van der Waals surface area contributed by atoms with Crippen LogP contribution in [0.3, 0.4) is 0 Å². The molecule has 0 saturated carbocycles. The van der Waals surface area contributed by atoms with Crippen LogP contribution >= 0.6 is 11.8 Å². The molecule has 3 aromatic rings. The molecule has 0 bridgehead atoms. The van der Waals surface area contributed by atoms with Crippen LogP contribution in [-0.4, -0.2) is 25.0 Å². The van der Waals surface area contributed by atoms with Gasteiger partial charge in [-0.15, -0.1) is 27.0 Å². The van der Waals surface area contributed by atoms with Crippen LogP contribution in [0.15, 0.2) is 59.2 Å². The number of nitriles is 1. The van der Waals surface area contributed by atoms with E-state index in [4.69, 9.17) is 5.26 Å². The second kappa shape index (κ2) is 7.06. The Kier molecular flexibility index (Phi) is 4.68. The molecule has 118 valence electrons. The van der Waals surface area contributed by atoms with E-state index in [2.05, 4.69) is 33.0 Å². The van der Waals surface area contributed by atoms with Gasteiger partial charge in [0, 0.05) is 12.1 Å². The molecular formula is C17H14N6S. The summed E-state index contributed by atoms with van der Waals surface area (Å²) in [6.45, 7) is 6.44. The first-order valence-electron chi connectivity index (χ1n) is 7.24. The molecule has 0 unspecified atom stereocenters. The molecule has 0 aliphatic rings. The fourth-order valence-corrected chi connectivity index (χ4v) is 2.94. The van der Waals surface area contributed by atoms with Crippen molar-refractivity contribution in [3.63, 3.8) is 0 Å². The highest BCUT2D eigenvalue weighted by atomic mass is 32.2. The molecule has 7 heteroatoms. The lowest BCUT2D eigenvalue weighted by molar-refractivity contribution is 0.729. The second-order valence-electron chi connectivity index (χ2n) is 5.05. The summed E-state index contributed by atoms with van der Waals surface area (Å²) >= 11 is 1.35. The van der Waals surface area contributed by atoms with E-state index in [0.29, 0.717) is 16.7 Å². The Bertz CT molecular complexity index is 908. The topological polar surface area (TPSA) is 80.3 Å². The molecule has 0 fully saturated rings. The van der Waals surface area contributed by atoms with E-state index < -0.39 is 0 Å². The van der Waals surface area contributed by atoms with Crippen LogP contribution in [0.1, 0.15) is 11.3 Å². The Balaban J connectivity index is 1.96. The van der Waals surface area contributed by atoms with E-state index >= 15 is 0 Å². The third-order valence-corrected chi connectivity index (χ3v) is 4.17. The van der Waals surface area contributed by atoms with Gasteiger partial charge in [0.2, 0.25) is 0 Å². The van der Waals surface area contributed by atoms with Crippen LogP contribution in [-0.2, 0) is 6.54 Å². The van der Waals surface area contributed by atoms with E-state index in [0.717, 1.165) is 17.0 Å². The average molecular weight is 334 g/mol. The molecule has 0 radical (unpaired) electrons. The highest BCUT2D eigenvalue weighted by Crippen LogP contribution is 2.28. The Morgan fingerprint density at radius 2 is 2.08 bits per heavy atom. The van der Waals surface area contributed by atoms with Crippen LogP contribution < -0.4 is 0 Å². The van der Waals surface area contributed by atoms with Crippen molar-refractivity contribution >= 4 is 11.8 Å². The highest BCUT2D eigenvalue weighted by molar-refractivity contribution is 7.99. The SMILES string of the molecule is C=CCn1c(Sc2ccc(C#N)nn2)nnc1-c1cccc(C)c1. The minimum absolute atomic E-state index is 0.285. The molecule has 0 aliphatic heterocycles. The predicted molar refractivity (Wildman–Crippen MR) is 91.3 cm³/mol. The molecule has 6 nitrogen and oxygen atoms in total. The Labute approximate surface area is 143 Å². The summed E-state index contributed by atoms with van der Waals surface area (Å²) in [6, 6.07) is 13.4. The van der Waals surface area contributed by atoms with Crippen molar-refractivity contribution in [3.8, 4) is 17.5 Å². The Hall–Kier alpha value is -2.98. The number of aryl methyl sites for hydroxylation is 1. The van der Waals surface area contributed by atoms with Gasteiger partial charge in [0.1, 0.15) is 11.1 Å². The fourth-order valence-electron chi connectivity index (χ4n) is 2.18. The molecule has 0 spiro atoms. The number of nitrogens with zero attached hydrogens (tertiary/aromatic N) is 6. The molecule has 2 heterocycles. The number of allylic oxidation sites excluding steroid dienone is 1. The lowest BCUT2D eigenvalue weighted by Gasteiger charge is -2.07. The van der Waals surface area contributed by atoms with Crippen molar-refractivity contribution < 1.29 is 0 Å². The highest BCUT2D eigenvalue weighted by Gasteiger charge is 2.15. The number of hydrogen-bond acceptors (Lipinski definition) is 6. The summed E-state index contributed by atoms with van der Waals surface area (Å²) in [5.41, 5.74) is 2.45. The van der Waals surface area contributed by atoms with Gasteiger partial charge in [0.15, 0.2) is 16.7 Å². The number of benzene rings is 1. The summed E-state index contributed by atoms with van der Waals surface area (Å²) < 4.78 is 1.98. The van der Waals surface area contributed by atoms with Gasteiger partial charge in [0.25, 0.3) is 0 Å². The Morgan fingerprint density at radius 3 is 2.75 bits per heavy atom. The minimum Gasteiger partial charge on any atom is -0.298 e. The number of rotatable bonds is 5. The van der Waals surface area contributed by atoms with Gasteiger partial charge in [-0.25, -0.2) is 0 Å². The van der Waals surface area contributed by atoms with E-state index in [9.17, 15) is 0 Å². The lowest BCUT2D eigenvalue weighted by Crippen LogP contribution is -2.01. The van der Waals surface area contributed by atoms with Gasteiger partial charge >= 0.3 is 0 Å². The van der Waals surface area contributed by atoms with E-state index in [1.54, 1.807) is 18.2 Å². The zero-order valence-corrected chi connectivity index (χ0v) is 13.9. The third kappa shape index (κ3) is 3.34. The predicted octanol–water partition coefficient (Wildman–Crippen LogP) is 3.25. The van der Waals surface area contributed by atoms with Crippen molar-refractivity contribution in [3.05, 3.63) is 60.3 Å². The van der Waals surface area contributed by atoms with Gasteiger partial charge in [-0.05, 0) is 36.9 Å². The number of aromatic nitrogens is 5. The molecule has 1 aromatic carbocycles. The van der Waals surface area contributed by atoms with E-state index in [1.807, 2.05) is 35.8 Å². The van der Waals surface area contributed by atoms with Crippen LogP contribution in [0.2, 0.25) is 0 Å². The molecule has 2 aromatic heterocycles. The first-order valence-corrected chi connectivity index (χ1v) is 8.05. The molecule has 0 saturated heterocycles. The maximum absolute atomic E-state index is 8.79. The standard InChI is InChI=1S/C17H14N6S/c1-3-9-23-16(13-6-4-5-12(2)10-13)21-22-17(23)24-15-8-7-14(11-18)19-20-15/h3-8,10H,1,9H2,2H3. The molecule has 0 atom stereocenters. The monoisotopic (exact) mass is 334 g/mol. The van der Waals surface area contributed by atoms with E-state index in [1.165, 1.54) is 11.8 Å². The zero-order valence-electron chi connectivity index (χ0n) is 13.0. The van der Waals surface area contributed by atoms with Gasteiger partial charge in [-0.2, -0.15) is 5.26 Å². The first-order chi connectivity index (χ1) is 11.7. The largest absolute Gasteiger partial charge is 0.298 e. The summed E-state index contributed by atoms with van der Waals surface area (Å²) in [4.78, 5) is 0. The quantitative estimate of drug-likeness (QED) is 0.666. The van der Waals surface area contributed by atoms with Crippen molar-refractivity contribution in [2.45, 2.75) is 23.7 Å². The van der Waals surface area contributed by atoms with Gasteiger partial charge in [-0.3, -0.25) is 4.57 Å². The van der Waals surface area contributed by atoms with Crippen LogP contribution in [0.4, 0.5) is 0 Å². The maximum Gasteiger partial charge on any atom is 0.198 e. The van der Waals surface area contributed by atoms with Crippen LogP contribution in [0.5, 0.6) is 0 Å². The molecule has 0 N–H and O–H groups in total. The van der Waals surface area contributed by atoms with Crippen LogP contribution in [0.25, 0.3) is 11.4 Å². The molecule has 0 aliphatic carbocycles. The summed E-state index contributed by atoms with van der Waals surface area (Å²) in [7, 11) is 0. The summed E-state index contributed by atoms with van der Waals surface area (Å²) in [5, 5.41) is 26.6. The van der Waals surface area contributed by atoms with Gasteiger partial charge < -0.3 is 0 Å². The van der Waals surface area contributed by atoms with Crippen molar-refractivity contribution in [2.24, 2.45) is 0 Å². The maximum atomic E-state index is 8.79. The van der Waals surface area contributed by atoms with Gasteiger partial charge in [0.05, 0.1) is 0 Å². The minimum atomic E-state index is 0.285. The third-order valence-electron chi connectivity index (χ3n) is 3.26. The summed E-state index contributed by atoms with van der Waals surface area (Å²) in [5.74, 6) is 0.780. The lowest BCUT2D eigenvalue weighted by atomic mass is 10.1. The molecule has 24 heavy (non-hydrogen) atoms. The average Bonchev–Trinajstić information content (AvgIpc) is 2.99. The smallest absolute Gasteiger partial charge is 0.198 e. The molecule has 3 rings (SSSR count). The normalized spacial score (nSPS) is 10.3. The number of hydrogen-bond donors (Lipinski definition) is 0. The molecule has 0 amide bonds. The first kappa shape index (κ1) is 15.9. The van der Waals surface area contributed by atoms with Crippen molar-refractivity contribution in [2.75, 3.05) is 0 Å². The summed E-state index contributed by atoms with van der Waals surface area (Å²) in [6.07, 6.45) is 1.80. The second-order valence-corrected chi connectivity index (χ2v) is 6.03. The zero-order chi connectivity index (χ0) is 16.9. The Morgan fingerprint density at radius 1 is 1.21 bits per heavy atom. The van der Waals surface area contributed by atoms with Gasteiger partial charge in [-0.1, -0.05) is 29.8 Å². The van der Waals surface area contributed by atoms with Crippen LogP contribution in [0, 0.1) is 18.3 Å². The fraction of sp³-hybridized carbons (Fsp3) is 0.118.